The minimum atomic E-state index is -0.140. The number of carbonyl (C=O) groups is 2. The van der Waals surface area contributed by atoms with Crippen LogP contribution in [0.3, 0.4) is 0 Å². The van der Waals surface area contributed by atoms with Crippen LogP contribution in [0, 0.1) is 5.92 Å². The van der Waals surface area contributed by atoms with Gasteiger partial charge in [0, 0.05) is 24.3 Å². The lowest BCUT2D eigenvalue weighted by Crippen LogP contribution is -2.28. The number of benzene rings is 1. The van der Waals surface area contributed by atoms with Crippen LogP contribution in [0.1, 0.15) is 54.6 Å². The molecule has 0 spiro atoms. The Morgan fingerprint density at radius 2 is 2.04 bits per heavy atom. The maximum Gasteiger partial charge on any atom is 0.293 e. The Labute approximate surface area is 153 Å². The molecule has 4 rings (SSSR count). The van der Waals surface area contributed by atoms with Crippen molar-refractivity contribution in [2.24, 2.45) is 5.92 Å². The Bertz CT molecular complexity index is 792. The molecule has 26 heavy (non-hydrogen) atoms. The summed E-state index contributed by atoms with van der Waals surface area (Å²) in [6.07, 6.45) is 8.98. The zero-order chi connectivity index (χ0) is 17.9. The predicted octanol–water partition coefficient (Wildman–Crippen LogP) is 4.39. The number of furan rings is 1. The molecule has 1 aromatic carbocycles. The standard InChI is InChI=1S/C21H24N2O3/c24-20(10-7-15-4-1-2-5-15)22-17-9-8-16-11-12-23(18(16)14-17)21(25)19-6-3-13-26-19/h3,6,8-9,13-15H,1-2,4-5,7,10-12H2,(H,22,24). The summed E-state index contributed by atoms with van der Waals surface area (Å²) in [5.41, 5.74) is 2.73. The molecule has 5 nitrogen and oxygen atoms in total. The summed E-state index contributed by atoms with van der Waals surface area (Å²) in [6, 6.07) is 9.21. The zero-order valence-electron chi connectivity index (χ0n) is 14.9. The first kappa shape index (κ1) is 16.9. The second-order valence-electron chi connectivity index (χ2n) is 7.26. The molecule has 0 bridgehead atoms. The minimum Gasteiger partial charge on any atom is -0.459 e. The van der Waals surface area contributed by atoms with Crippen molar-refractivity contribution in [2.75, 3.05) is 16.8 Å². The van der Waals surface area contributed by atoms with E-state index in [4.69, 9.17) is 4.42 Å². The first-order valence-corrected chi connectivity index (χ1v) is 9.49. The summed E-state index contributed by atoms with van der Waals surface area (Å²) in [7, 11) is 0. The van der Waals surface area contributed by atoms with E-state index in [1.165, 1.54) is 31.9 Å². The van der Waals surface area contributed by atoms with Crippen molar-refractivity contribution < 1.29 is 14.0 Å². The fourth-order valence-electron chi connectivity index (χ4n) is 4.06. The lowest BCUT2D eigenvalue weighted by Gasteiger charge is -2.17. The van der Waals surface area contributed by atoms with Gasteiger partial charge in [-0.2, -0.15) is 0 Å². The van der Waals surface area contributed by atoms with Crippen LogP contribution in [0.15, 0.2) is 41.0 Å². The molecule has 5 heteroatoms. The molecule has 1 N–H and O–H groups in total. The van der Waals surface area contributed by atoms with E-state index in [0.717, 1.165) is 29.8 Å². The van der Waals surface area contributed by atoms with Crippen LogP contribution in [0.5, 0.6) is 0 Å². The number of amides is 2. The number of hydrogen-bond acceptors (Lipinski definition) is 3. The van der Waals surface area contributed by atoms with Gasteiger partial charge in [-0.05, 0) is 48.6 Å². The third-order valence-electron chi connectivity index (χ3n) is 5.50. The summed E-state index contributed by atoms with van der Waals surface area (Å²) >= 11 is 0. The SMILES string of the molecule is O=C(CCC1CCCC1)Nc1ccc2c(c1)N(C(=O)c1ccco1)CC2. The van der Waals surface area contributed by atoms with Gasteiger partial charge >= 0.3 is 0 Å². The van der Waals surface area contributed by atoms with Crippen LogP contribution < -0.4 is 10.2 Å². The summed E-state index contributed by atoms with van der Waals surface area (Å²) < 4.78 is 5.24. The van der Waals surface area contributed by atoms with E-state index in [0.29, 0.717) is 24.6 Å². The molecule has 2 aliphatic rings. The first-order chi connectivity index (χ1) is 12.7. The van der Waals surface area contributed by atoms with Crippen molar-refractivity contribution in [3.63, 3.8) is 0 Å². The molecule has 0 unspecified atom stereocenters. The van der Waals surface area contributed by atoms with Gasteiger partial charge in [-0.15, -0.1) is 0 Å². The molecule has 1 fully saturated rings. The first-order valence-electron chi connectivity index (χ1n) is 9.49. The van der Waals surface area contributed by atoms with Gasteiger partial charge in [0.25, 0.3) is 5.91 Å². The third-order valence-corrected chi connectivity index (χ3v) is 5.50. The quantitative estimate of drug-likeness (QED) is 0.868. The number of fused-ring (bicyclic) bond motifs is 1. The lowest BCUT2D eigenvalue weighted by atomic mass is 10.0. The maximum atomic E-state index is 12.6. The van der Waals surface area contributed by atoms with E-state index >= 15 is 0 Å². The number of hydrogen-bond donors (Lipinski definition) is 1. The summed E-state index contributed by atoms with van der Waals surface area (Å²) in [4.78, 5) is 26.6. The Morgan fingerprint density at radius 1 is 1.19 bits per heavy atom. The molecule has 2 heterocycles. The average molecular weight is 352 g/mol. The van der Waals surface area contributed by atoms with Gasteiger partial charge in [0.1, 0.15) is 0 Å². The molecular weight excluding hydrogens is 328 g/mol. The summed E-state index contributed by atoms with van der Waals surface area (Å²) in [6.45, 7) is 0.633. The van der Waals surface area contributed by atoms with E-state index in [1.54, 1.807) is 17.0 Å². The van der Waals surface area contributed by atoms with E-state index in [-0.39, 0.29) is 11.8 Å². The van der Waals surface area contributed by atoms with Gasteiger partial charge in [0.05, 0.1) is 6.26 Å². The Kier molecular flexibility index (Phi) is 4.78. The van der Waals surface area contributed by atoms with E-state index in [9.17, 15) is 9.59 Å². The highest BCUT2D eigenvalue weighted by Crippen LogP contribution is 2.32. The fourth-order valence-corrected chi connectivity index (χ4v) is 4.06. The van der Waals surface area contributed by atoms with Crippen molar-refractivity contribution >= 4 is 23.2 Å². The van der Waals surface area contributed by atoms with Crippen LogP contribution in [-0.4, -0.2) is 18.4 Å². The van der Waals surface area contributed by atoms with E-state index in [1.807, 2.05) is 18.2 Å². The van der Waals surface area contributed by atoms with Crippen LogP contribution in [0.25, 0.3) is 0 Å². The lowest BCUT2D eigenvalue weighted by molar-refractivity contribution is -0.116. The van der Waals surface area contributed by atoms with Gasteiger partial charge in [-0.3, -0.25) is 9.59 Å². The van der Waals surface area contributed by atoms with Gasteiger partial charge in [-0.25, -0.2) is 0 Å². The molecule has 1 aliphatic heterocycles. The highest BCUT2D eigenvalue weighted by molar-refractivity contribution is 6.06. The molecule has 0 saturated heterocycles. The molecular formula is C21H24N2O3. The van der Waals surface area contributed by atoms with Crippen molar-refractivity contribution in [2.45, 2.75) is 44.9 Å². The molecule has 2 amide bonds. The number of nitrogens with zero attached hydrogens (tertiary/aromatic N) is 1. The second-order valence-corrected chi connectivity index (χ2v) is 7.26. The van der Waals surface area contributed by atoms with Crippen LogP contribution >= 0.6 is 0 Å². The highest BCUT2D eigenvalue weighted by atomic mass is 16.3. The Hall–Kier alpha value is -2.56. The highest BCUT2D eigenvalue weighted by Gasteiger charge is 2.27. The molecule has 0 radical (unpaired) electrons. The van der Waals surface area contributed by atoms with Crippen LogP contribution in [0.4, 0.5) is 11.4 Å². The molecule has 136 valence electrons. The summed E-state index contributed by atoms with van der Waals surface area (Å²) in [5, 5.41) is 2.99. The summed E-state index contributed by atoms with van der Waals surface area (Å²) in [5.74, 6) is 0.961. The third kappa shape index (κ3) is 3.52. The van der Waals surface area contributed by atoms with Gasteiger partial charge in [-0.1, -0.05) is 31.7 Å². The van der Waals surface area contributed by atoms with Crippen LogP contribution in [0.2, 0.25) is 0 Å². The number of nitrogens with one attached hydrogen (secondary N) is 1. The largest absolute Gasteiger partial charge is 0.459 e. The van der Waals surface area contributed by atoms with Crippen molar-refractivity contribution in [1.29, 1.82) is 0 Å². The smallest absolute Gasteiger partial charge is 0.293 e. The van der Waals surface area contributed by atoms with Crippen molar-refractivity contribution in [3.8, 4) is 0 Å². The van der Waals surface area contributed by atoms with Gasteiger partial charge < -0.3 is 14.6 Å². The molecule has 1 saturated carbocycles. The Morgan fingerprint density at radius 3 is 2.81 bits per heavy atom. The fraction of sp³-hybridized carbons (Fsp3) is 0.429. The number of carbonyl (C=O) groups excluding carboxylic acids is 2. The van der Waals surface area contributed by atoms with Crippen molar-refractivity contribution in [3.05, 3.63) is 47.9 Å². The average Bonchev–Trinajstić information content (AvgIpc) is 3.40. The second kappa shape index (κ2) is 7.36. The monoisotopic (exact) mass is 352 g/mol. The maximum absolute atomic E-state index is 12.6. The molecule has 0 atom stereocenters. The molecule has 1 aliphatic carbocycles. The van der Waals surface area contributed by atoms with E-state index in [2.05, 4.69) is 5.32 Å². The van der Waals surface area contributed by atoms with Crippen molar-refractivity contribution in [1.82, 2.24) is 0 Å². The van der Waals surface area contributed by atoms with E-state index < -0.39 is 0 Å². The predicted molar refractivity (Wildman–Crippen MR) is 100 cm³/mol. The molecule has 2 aromatic rings. The minimum absolute atomic E-state index is 0.0544. The molecule has 1 aromatic heterocycles. The Balaban J connectivity index is 1.42. The normalized spacial score (nSPS) is 16.7. The number of rotatable bonds is 5. The number of anilines is 2. The van der Waals surface area contributed by atoms with Gasteiger partial charge in [0.15, 0.2) is 5.76 Å². The topological polar surface area (TPSA) is 62.6 Å². The van der Waals surface area contributed by atoms with Crippen LogP contribution in [-0.2, 0) is 11.2 Å². The zero-order valence-corrected chi connectivity index (χ0v) is 14.9. The van der Waals surface area contributed by atoms with Gasteiger partial charge in [0.2, 0.25) is 5.91 Å².